The smallest absolute Gasteiger partial charge is 0.0661 e. The SMILES string of the molecule is CCC1CCC(C)N1C(CN)(COC)C(C)C. The summed E-state index contributed by atoms with van der Waals surface area (Å²) in [6, 6.07) is 1.30. The van der Waals surface area contributed by atoms with Crippen LogP contribution in [0.15, 0.2) is 0 Å². The van der Waals surface area contributed by atoms with Crippen LogP contribution in [0.2, 0.25) is 0 Å². The number of methoxy groups -OCH3 is 1. The molecule has 1 heterocycles. The minimum atomic E-state index is 0.00530. The van der Waals surface area contributed by atoms with Crippen molar-refractivity contribution in [3.8, 4) is 0 Å². The van der Waals surface area contributed by atoms with Crippen LogP contribution >= 0.6 is 0 Å². The molecular weight excluding hydrogens is 212 g/mol. The van der Waals surface area contributed by atoms with E-state index in [1.165, 1.54) is 19.3 Å². The zero-order chi connectivity index (χ0) is 13.1. The van der Waals surface area contributed by atoms with E-state index in [1.807, 2.05) is 0 Å². The summed E-state index contributed by atoms with van der Waals surface area (Å²) in [6.07, 6.45) is 3.80. The first-order valence-corrected chi connectivity index (χ1v) is 7.00. The second-order valence-corrected chi connectivity index (χ2v) is 5.79. The van der Waals surface area contributed by atoms with Crippen LogP contribution in [0.1, 0.15) is 47.0 Å². The summed E-state index contributed by atoms with van der Waals surface area (Å²) in [5.74, 6) is 0.516. The third-order valence-corrected chi connectivity index (χ3v) is 4.59. The highest BCUT2D eigenvalue weighted by molar-refractivity contribution is 5.02. The molecule has 1 rings (SSSR count). The van der Waals surface area contributed by atoms with Gasteiger partial charge in [-0.1, -0.05) is 20.8 Å². The number of hydrogen-bond donors (Lipinski definition) is 1. The molecule has 1 aliphatic heterocycles. The lowest BCUT2D eigenvalue weighted by Crippen LogP contribution is -2.63. The molecule has 3 unspecified atom stereocenters. The standard InChI is InChI=1S/C14H30N2O/c1-6-13-8-7-12(4)16(13)14(9-15,10-17-5)11(2)3/h11-13H,6-10,15H2,1-5H3. The van der Waals surface area contributed by atoms with Crippen molar-refractivity contribution < 1.29 is 4.74 Å². The summed E-state index contributed by atoms with van der Waals surface area (Å²) < 4.78 is 5.49. The Morgan fingerprint density at radius 1 is 1.41 bits per heavy atom. The van der Waals surface area contributed by atoms with Crippen LogP contribution in [-0.4, -0.2) is 42.8 Å². The maximum Gasteiger partial charge on any atom is 0.0661 e. The summed E-state index contributed by atoms with van der Waals surface area (Å²) in [4.78, 5) is 2.65. The maximum absolute atomic E-state index is 6.13. The summed E-state index contributed by atoms with van der Waals surface area (Å²) in [7, 11) is 1.79. The molecule has 0 aromatic rings. The van der Waals surface area contributed by atoms with E-state index in [4.69, 9.17) is 10.5 Å². The highest BCUT2D eigenvalue weighted by atomic mass is 16.5. The first-order valence-electron chi connectivity index (χ1n) is 7.00. The van der Waals surface area contributed by atoms with Crippen molar-refractivity contribution in [2.75, 3.05) is 20.3 Å². The average Bonchev–Trinajstić information content (AvgIpc) is 2.67. The van der Waals surface area contributed by atoms with Crippen LogP contribution in [0.5, 0.6) is 0 Å². The van der Waals surface area contributed by atoms with E-state index in [9.17, 15) is 0 Å². The van der Waals surface area contributed by atoms with Crippen molar-refractivity contribution in [2.45, 2.75) is 64.6 Å². The van der Waals surface area contributed by atoms with E-state index < -0.39 is 0 Å². The number of nitrogens with zero attached hydrogens (tertiary/aromatic N) is 1. The molecule has 2 N–H and O–H groups in total. The van der Waals surface area contributed by atoms with E-state index in [-0.39, 0.29) is 5.54 Å². The molecular formula is C14H30N2O. The van der Waals surface area contributed by atoms with Gasteiger partial charge < -0.3 is 10.5 Å². The van der Waals surface area contributed by atoms with Gasteiger partial charge in [-0.2, -0.15) is 0 Å². The van der Waals surface area contributed by atoms with Gasteiger partial charge in [-0.3, -0.25) is 4.90 Å². The van der Waals surface area contributed by atoms with Crippen LogP contribution < -0.4 is 5.73 Å². The molecule has 17 heavy (non-hydrogen) atoms. The highest BCUT2D eigenvalue weighted by Gasteiger charge is 2.46. The third kappa shape index (κ3) is 2.67. The fourth-order valence-electron chi connectivity index (χ4n) is 3.46. The number of ether oxygens (including phenoxy) is 1. The Labute approximate surface area is 107 Å². The molecule has 0 spiro atoms. The lowest BCUT2D eigenvalue weighted by Gasteiger charge is -2.49. The highest BCUT2D eigenvalue weighted by Crippen LogP contribution is 2.37. The van der Waals surface area contributed by atoms with Gasteiger partial charge >= 0.3 is 0 Å². The van der Waals surface area contributed by atoms with E-state index >= 15 is 0 Å². The molecule has 3 atom stereocenters. The molecule has 3 heteroatoms. The van der Waals surface area contributed by atoms with Gasteiger partial charge in [0.2, 0.25) is 0 Å². The largest absolute Gasteiger partial charge is 0.383 e. The normalized spacial score (nSPS) is 29.8. The number of hydrogen-bond acceptors (Lipinski definition) is 3. The van der Waals surface area contributed by atoms with Gasteiger partial charge in [0.1, 0.15) is 0 Å². The quantitative estimate of drug-likeness (QED) is 0.776. The fourth-order valence-corrected chi connectivity index (χ4v) is 3.46. The predicted molar refractivity (Wildman–Crippen MR) is 73.1 cm³/mol. The molecule has 102 valence electrons. The van der Waals surface area contributed by atoms with Crippen molar-refractivity contribution >= 4 is 0 Å². The number of likely N-dealkylation sites (tertiary alicyclic amines) is 1. The molecule has 0 bridgehead atoms. The molecule has 1 fully saturated rings. The Bertz CT molecular complexity index is 232. The Balaban J connectivity index is 3.02. The minimum absolute atomic E-state index is 0.00530. The Hall–Kier alpha value is -0.120. The molecule has 0 radical (unpaired) electrons. The molecule has 0 aromatic carbocycles. The van der Waals surface area contributed by atoms with E-state index in [2.05, 4.69) is 32.6 Å². The maximum atomic E-state index is 6.13. The number of nitrogens with two attached hydrogens (primary N) is 1. The van der Waals surface area contributed by atoms with E-state index in [0.717, 1.165) is 6.61 Å². The Morgan fingerprint density at radius 2 is 2.06 bits per heavy atom. The fraction of sp³-hybridized carbons (Fsp3) is 1.00. The topological polar surface area (TPSA) is 38.5 Å². The molecule has 0 aromatic heterocycles. The minimum Gasteiger partial charge on any atom is -0.383 e. The molecule has 0 saturated carbocycles. The summed E-state index contributed by atoms with van der Waals surface area (Å²) in [5, 5.41) is 0. The van der Waals surface area contributed by atoms with E-state index in [0.29, 0.717) is 24.5 Å². The molecule has 3 nitrogen and oxygen atoms in total. The zero-order valence-electron chi connectivity index (χ0n) is 12.2. The van der Waals surface area contributed by atoms with Gasteiger partial charge in [0, 0.05) is 25.7 Å². The van der Waals surface area contributed by atoms with Crippen LogP contribution in [0.25, 0.3) is 0 Å². The zero-order valence-corrected chi connectivity index (χ0v) is 12.2. The van der Waals surface area contributed by atoms with Crippen LogP contribution in [0, 0.1) is 5.92 Å². The molecule has 0 amide bonds. The van der Waals surface area contributed by atoms with Crippen LogP contribution in [0.4, 0.5) is 0 Å². The van der Waals surface area contributed by atoms with Crippen molar-refractivity contribution in [2.24, 2.45) is 11.7 Å². The third-order valence-electron chi connectivity index (χ3n) is 4.59. The van der Waals surface area contributed by atoms with Gasteiger partial charge in [-0.05, 0) is 32.1 Å². The Kier molecular flexibility index (Phi) is 5.42. The lowest BCUT2D eigenvalue weighted by atomic mass is 9.83. The molecule has 1 aliphatic rings. The summed E-state index contributed by atoms with van der Waals surface area (Å²) in [6.45, 7) is 10.6. The van der Waals surface area contributed by atoms with Gasteiger partial charge in [0.05, 0.1) is 12.1 Å². The molecule has 1 saturated heterocycles. The van der Waals surface area contributed by atoms with Crippen molar-refractivity contribution in [1.29, 1.82) is 0 Å². The second-order valence-electron chi connectivity index (χ2n) is 5.79. The monoisotopic (exact) mass is 242 g/mol. The van der Waals surface area contributed by atoms with Gasteiger partial charge in [-0.15, -0.1) is 0 Å². The van der Waals surface area contributed by atoms with E-state index in [1.54, 1.807) is 7.11 Å². The van der Waals surface area contributed by atoms with Crippen LogP contribution in [0.3, 0.4) is 0 Å². The van der Waals surface area contributed by atoms with Crippen LogP contribution in [-0.2, 0) is 4.74 Å². The lowest BCUT2D eigenvalue weighted by molar-refractivity contribution is -0.0427. The average molecular weight is 242 g/mol. The Morgan fingerprint density at radius 3 is 2.47 bits per heavy atom. The van der Waals surface area contributed by atoms with Gasteiger partial charge in [0.25, 0.3) is 0 Å². The summed E-state index contributed by atoms with van der Waals surface area (Å²) >= 11 is 0. The second kappa shape index (κ2) is 6.17. The first kappa shape index (κ1) is 14.9. The van der Waals surface area contributed by atoms with Crippen molar-refractivity contribution in [1.82, 2.24) is 4.90 Å². The number of rotatable bonds is 6. The first-order chi connectivity index (χ1) is 8.03. The molecule has 0 aliphatic carbocycles. The van der Waals surface area contributed by atoms with Gasteiger partial charge in [0.15, 0.2) is 0 Å². The van der Waals surface area contributed by atoms with Crippen molar-refractivity contribution in [3.63, 3.8) is 0 Å². The van der Waals surface area contributed by atoms with Crippen molar-refractivity contribution in [3.05, 3.63) is 0 Å². The predicted octanol–water partition coefficient (Wildman–Crippen LogP) is 2.25. The summed E-state index contributed by atoms with van der Waals surface area (Å²) in [5.41, 5.74) is 6.14. The van der Waals surface area contributed by atoms with Gasteiger partial charge in [-0.25, -0.2) is 0 Å².